The molecule has 0 heterocycles. The van der Waals surface area contributed by atoms with Gasteiger partial charge in [-0.2, -0.15) is 0 Å². The summed E-state index contributed by atoms with van der Waals surface area (Å²) in [4.78, 5) is 34.8. The van der Waals surface area contributed by atoms with Gasteiger partial charge in [0.05, 0.1) is 5.92 Å². The Morgan fingerprint density at radius 3 is 1.88 bits per heavy atom. The summed E-state index contributed by atoms with van der Waals surface area (Å²) in [5.74, 6) is -1.89. The van der Waals surface area contributed by atoms with Crippen LogP contribution in [0.25, 0.3) is 0 Å². The zero-order valence-electron chi connectivity index (χ0n) is 14.3. The van der Waals surface area contributed by atoms with Gasteiger partial charge in [-0.1, -0.05) is 30.3 Å². The molecule has 0 radical (unpaired) electrons. The van der Waals surface area contributed by atoms with E-state index in [1.165, 1.54) is 0 Å². The molecule has 0 saturated heterocycles. The second-order valence-corrected chi connectivity index (χ2v) is 6.59. The summed E-state index contributed by atoms with van der Waals surface area (Å²) >= 11 is -6.88. The number of hydrogen-bond donors (Lipinski definition) is 4. The maximum absolute atomic E-state index is 12.0. The van der Waals surface area contributed by atoms with Crippen molar-refractivity contribution in [2.75, 3.05) is 0 Å². The standard InChI is InChI=1S/C13H12O3.AsH3O3.AsHO3.K.Na/c14-11-8-4-7-10(13(11)16)12(15)9-5-2-1-3-6-9;2*2-1(3)4;;/h1-3,5-6,10H,4,7-8H2;2-4H;2H;;/q;;-2;2*+1. The molecule has 0 aliphatic heterocycles. The Balaban J connectivity index is -0.000000454. The van der Waals surface area contributed by atoms with Crippen molar-refractivity contribution in [3.8, 4) is 0 Å². The van der Waals surface area contributed by atoms with Crippen LogP contribution in [0.3, 0.4) is 0 Å². The molecular weight excluding hydrogens is 512 g/mol. The Labute approximate surface area is 226 Å². The monoisotopic (exact) mass is 528 g/mol. The van der Waals surface area contributed by atoms with Crippen molar-refractivity contribution in [3.05, 3.63) is 35.9 Å². The molecule has 9 nitrogen and oxygen atoms in total. The number of carbonyl (C=O) groups excluding carboxylic acids is 3. The topological polar surface area (TPSA) is 178 Å². The first-order valence-electron chi connectivity index (χ1n) is 6.53. The molecule has 1 aliphatic carbocycles. The van der Waals surface area contributed by atoms with Crippen LogP contribution in [-0.4, -0.2) is 65.1 Å². The number of ketones is 3. The molecule has 0 spiro atoms. The van der Waals surface area contributed by atoms with E-state index >= 15 is 0 Å². The van der Waals surface area contributed by atoms with Gasteiger partial charge < -0.3 is 0 Å². The number of hydrogen-bond acceptors (Lipinski definition) is 9. The fraction of sp³-hybridized carbons (Fsp3) is 0.308. The second kappa shape index (κ2) is 18.8. The Morgan fingerprint density at radius 1 is 1.04 bits per heavy atom. The number of Topliss-reactive ketones (excluding diaryl/α,β-unsaturated/α-hetero) is 3. The molecule has 26 heavy (non-hydrogen) atoms. The molecule has 4 N–H and O–H groups in total. The van der Waals surface area contributed by atoms with Gasteiger partial charge in [0.2, 0.25) is 5.78 Å². The Bertz CT molecular complexity index is 534. The van der Waals surface area contributed by atoms with Crippen LogP contribution in [0, 0.1) is 5.92 Å². The molecule has 0 amide bonds. The second-order valence-electron chi connectivity index (χ2n) is 4.47. The van der Waals surface area contributed by atoms with Crippen molar-refractivity contribution in [3.63, 3.8) is 0 Å². The molecule has 1 aromatic rings. The van der Waals surface area contributed by atoms with Gasteiger partial charge in [0.15, 0.2) is 11.6 Å². The molecule has 1 aliphatic rings. The number of rotatable bonds is 2. The number of carbonyl (C=O) groups is 3. The molecule has 1 saturated carbocycles. The van der Waals surface area contributed by atoms with E-state index < -0.39 is 48.8 Å². The van der Waals surface area contributed by atoms with Gasteiger partial charge in [0, 0.05) is 12.0 Å². The van der Waals surface area contributed by atoms with Crippen LogP contribution < -0.4 is 89.1 Å². The van der Waals surface area contributed by atoms with E-state index in [1.54, 1.807) is 24.3 Å². The fourth-order valence-electron chi connectivity index (χ4n) is 1.97. The van der Waals surface area contributed by atoms with E-state index in [2.05, 4.69) is 0 Å². The minimum atomic E-state index is -3.69. The predicted molar refractivity (Wildman–Crippen MR) is 78.5 cm³/mol. The molecule has 1 aromatic carbocycles. The maximum atomic E-state index is 12.0. The first-order chi connectivity index (χ1) is 11.2. The van der Waals surface area contributed by atoms with Gasteiger partial charge in [-0.3, -0.25) is 14.4 Å². The third-order valence-electron chi connectivity index (χ3n) is 2.86. The fourth-order valence-corrected chi connectivity index (χ4v) is 1.97. The summed E-state index contributed by atoms with van der Waals surface area (Å²) in [5, 5.41) is 0. The molecule has 134 valence electrons. The molecule has 2 rings (SSSR count). The van der Waals surface area contributed by atoms with Gasteiger partial charge in [-0.15, -0.1) is 0 Å². The summed E-state index contributed by atoms with van der Waals surface area (Å²) in [6.07, 6.45) is 1.42. The third-order valence-corrected chi connectivity index (χ3v) is 2.86. The average Bonchev–Trinajstić information content (AvgIpc) is 2.49. The van der Waals surface area contributed by atoms with Crippen LogP contribution in [0.4, 0.5) is 0 Å². The minimum absolute atomic E-state index is 0. The summed E-state index contributed by atoms with van der Waals surface area (Å²) < 4.78 is 46.4. The van der Waals surface area contributed by atoms with Crippen LogP contribution >= 0.6 is 0 Å². The van der Waals surface area contributed by atoms with Gasteiger partial charge in [0.25, 0.3) is 0 Å². The van der Waals surface area contributed by atoms with E-state index in [1.807, 2.05) is 6.07 Å². The zero-order chi connectivity index (χ0) is 18.7. The first kappa shape index (κ1) is 32.4. The van der Waals surface area contributed by atoms with Gasteiger partial charge in [-0.25, -0.2) is 0 Å². The van der Waals surface area contributed by atoms with Crippen molar-refractivity contribution in [1.29, 1.82) is 0 Å². The van der Waals surface area contributed by atoms with Gasteiger partial charge >= 0.3 is 137 Å². The Morgan fingerprint density at radius 2 is 1.46 bits per heavy atom. The first-order valence-corrected chi connectivity index (χ1v) is 11.4. The van der Waals surface area contributed by atoms with Crippen molar-refractivity contribution in [2.24, 2.45) is 5.92 Å². The Hall–Kier alpha value is 1.74. The summed E-state index contributed by atoms with van der Waals surface area (Å²) in [5.41, 5.74) is 0.510. The van der Waals surface area contributed by atoms with E-state index in [9.17, 15) is 14.4 Å². The van der Waals surface area contributed by atoms with Crippen LogP contribution in [0.2, 0.25) is 0 Å². The van der Waals surface area contributed by atoms with Gasteiger partial charge in [-0.05, 0) is 12.8 Å². The normalized spacial score (nSPS) is 15.6. The summed E-state index contributed by atoms with van der Waals surface area (Å²) in [6.45, 7) is 0. The third kappa shape index (κ3) is 15.6. The predicted octanol–water partition coefficient (Wildman–Crippen LogP) is -9.55. The van der Waals surface area contributed by atoms with Crippen molar-refractivity contribution in [1.82, 2.24) is 0 Å². The van der Waals surface area contributed by atoms with Crippen LogP contribution in [-0.2, 0) is 9.59 Å². The molecule has 0 aromatic heterocycles. The summed E-state index contributed by atoms with van der Waals surface area (Å²) in [7, 11) is 0. The molecule has 13 heteroatoms. The molecule has 1 unspecified atom stereocenters. The van der Waals surface area contributed by atoms with Crippen molar-refractivity contribution < 1.29 is 120 Å². The van der Waals surface area contributed by atoms with E-state index in [4.69, 9.17) is 24.6 Å². The number of benzene rings is 1. The van der Waals surface area contributed by atoms with E-state index in [-0.39, 0.29) is 93.1 Å². The molecule has 1 atom stereocenters. The molecular formula is C13H16As2KNaO9. The van der Waals surface area contributed by atoms with E-state index in [0.717, 1.165) is 0 Å². The van der Waals surface area contributed by atoms with E-state index in [0.29, 0.717) is 18.4 Å². The van der Waals surface area contributed by atoms with Gasteiger partial charge in [0.1, 0.15) is 0 Å². The van der Waals surface area contributed by atoms with Crippen LogP contribution in [0.5, 0.6) is 0 Å². The molecule has 1 fully saturated rings. The zero-order valence-corrected chi connectivity index (χ0v) is 23.2. The molecule has 0 bridgehead atoms. The van der Waals surface area contributed by atoms with Crippen molar-refractivity contribution in [2.45, 2.75) is 19.3 Å². The van der Waals surface area contributed by atoms with Crippen molar-refractivity contribution >= 4 is 48.7 Å². The Kier molecular flexibility index (Phi) is 23.4. The SMILES string of the molecule is O=C1CCCC(C(=O)c2ccccc2)C1=O.O[As](O)O.[K+].[Na+].[O-][As]([O-])O. The quantitative estimate of drug-likeness (QED) is 0.126. The van der Waals surface area contributed by atoms with Crippen LogP contribution in [0.15, 0.2) is 30.3 Å². The van der Waals surface area contributed by atoms with Crippen LogP contribution in [0.1, 0.15) is 29.6 Å². The summed E-state index contributed by atoms with van der Waals surface area (Å²) in [6, 6.07) is 8.67. The average molecular weight is 528 g/mol.